The lowest BCUT2D eigenvalue weighted by molar-refractivity contribution is 0.0226. The van der Waals surface area contributed by atoms with E-state index in [1.807, 2.05) is 12.1 Å². The van der Waals surface area contributed by atoms with Crippen molar-refractivity contribution < 1.29 is 33.7 Å². The number of hydrogen-bond donors (Lipinski definition) is 0. The second-order valence-corrected chi connectivity index (χ2v) is 11.3. The molecule has 0 aromatic heterocycles. The number of carbonyl (C=O) groups excluding carboxylic acids is 1. The Hall–Kier alpha value is -2.13. The zero-order chi connectivity index (χ0) is 24.9. The van der Waals surface area contributed by atoms with Crippen LogP contribution in [0.2, 0.25) is 0 Å². The highest BCUT2D eigenvalue weighted by Crippen LogP contribution is 3.02. The fourth-order valence-electron chi connectivity index (χ4n) is 4.16. The summed E-state index contributed by atoms with van der Waals surface area (Å²) in [5.74, 6) is -0.635. The van der Waals surface area contributed by atoms with Gasteiger partial charge in [-0.25, -0.2) is 4.79 Å². The van der Waals surface area contributed by atoms with Crippen LogP contribution >= 0.6 is 10.2 Å². The van der Waals surface area contributed by atoms with Crippen molar-refractivity contribution in [3.63, 3.8) is 0 Å². The standard InChI is InChI=1S/C25H31F5O3S/c1-2-3-4-5-18-32-22-12-10-20(11-13-22)19-6-8-21(9-7-19)25(31)33-23-14-16-24(17-15-23)34(26,27,28,29)30/h6-9,14-17,20,22H,2-5,10-13,18H2,1H3. The van der Waals surface area contributed by atoms with Gasteiger partial charge in [0.1, 0.15) is 10.6 Å². The quantitative estimate of drug-likeness (QED) is 0.139. The van der Waals surface area contributed by atoms with Crippen molar-refractivity contribution in [2.45, 2.75) is 75.2 Å². The Morgan fingerprint density at radius 3 is 2.03 bits per heavy atom. The van der Waals surface area contributed by atoms with E-state index in [-0.39, 0.29) is 23.4 Å². The molecule has 0 heterocycles. The van der Waals surface area contributed by atoms with Gasteiger partial charge in [-0.05, 0) is 80.0 Å². The summed E-state index contributed by atoms with van der Waals surface area (Å²) in [4.78, 5) is 10.3. The second-order valence-electron chi connectivity index (χ2n) is 8.86. The molecule has 1 aliphatic rings. The first kappa shape index (κ1) is 26.5. The summed E-state index contributed by atoms with van der Waals surface area (Å²) in [5.41, 5.74) is 1.34. The highest BCUT2D eigenvalue weighted by atomic mass is 32.5. The third-order valence-electron chi connectivity index (χ3n) is 6.12. The van der Waals surface area contributed by atoms with Crippen LogP contribution < -0.4 is 4.74 Å². The van der Waals surface area contributed by atoms with Gasteiger partial charge in [0.05, 0.1) is 11.7 Å². The molecule has 2 aromatic carbocycles. The number of rotatable bonds is 10. The summed E-state index contributed by atoms with van der Waals surface area (Å²) < 4.78 is 75.0. The molecule has 3 rings (SSSR count). The van der Waals surface area contributed by atoms with E-state index in [1.54, 1.807) is 12.1 Å². The fraction of sp³-hybridized carbons (Fsp3) is 0.480. The van der Waals surface area contributed by atoms with Crippen LogP contribution in [0.15, 0.2) is 53.4 Å². The summed E-state index contributed by atoms with van der Waals surface area (Å²) in [7, 11) is -9.76. The molecule has 1 saturated carbocycles. The predicted molar refractivity (Wildman–Crippen MR) is 124 cm³/mol. The monoisotopic (exact) mass is 506 g/mol. The third kappa shape index (κ3) is 7.70. The molecule has 9 heteroatoms. The Kier molecular flexibility index (Phi) is 7.67. The molecule has 2 aromatic rings. The first-order valence-corrected chi connectivity index (χ1v) is 13.6. The Labute approximate surface area is 197 Å². The molecule has 0 N–H and O–H groups in total. The number of carbonyl (C=O) groups is 1. The van der Waals surface area contributed by atoms with Crippen LogP contribution in [0.3, 0.4) is 0 Å². The highest BCUT2D eigenvalue weighted by Gasteiger charge is 2.65. The largest absolute Gasteiger partial charge is 0.423 e. The van der Waals surface area contributed by atoms with Crippen LogP contribution in [0.1, 0.15) is 80.1 Å². The zero-order valence-corrected chi connectivity index (χ0v) is 20.0. The van der Waals surface area contributed by atoms with Crippen molar-refractivity contribution in [2.24, 2.45) is 0 Å². The first-order chi connectivity index (χ1) is 15.9. The lowest BCUT2D eigenvalue weighted by Gasteiger charge is -2.40. The summed E-state index contributed by atoms with van der Waals surface area (Å²) >= 11 is 0. The molecule has 0 aliphatic heterocycles. The average Bonchev–Trinajstić information content (AvgIpc) is 2.78. The van der Waals surface area contributed by atoms with Crippen molar-refractivity contribution in [2.75, 3.05) is 6.61 Å². The van der Waals surface area contributed by atoms with Crippen molar-refractivity contribution >= 4 is 16.2 Å². The van der Waals surface area contributed by atoms with Gasteiger partial charge in [0, 0.05) is 6.61 Å². The molecule has 0 spiro atoms. The van der Waals surface area contributed by atoms with Gasteiger partial charge >= 0.3 is 16.2 Å². The summed E-state index contributed by atoms with van der Waals surface area (Å²) in [6.07, 6.45) is 9.06. The van der Waals surface area contributed by atoms with E-state index in [9.17, 15) is 24.2 Å². The van der Waals surface area contributed by atoms with Crippen LogP contribution in [-0.4, -0.2) is 18.7 Å². The number of ether oxygens (including phenoxy) is 2. The number of halogens is 5. The summed E-state index contributed by atoms with van der Waals surface area (Å²) in [6, 6.07) is 8.79. The van der Waals surface area contributed by atoms with Gasteiger partial charge in [0.2, 0.25) is 0 Å². The Balaban J connectivity index is 1.50. The zero-order valence-electron chi connectivity index (χ0n) is 19.2. The van der Waals surface area contributed by atoms with E-state index in [1.165, 1.54) is 19.3 Å². The Morgan fingerprint density at radius 2 is 1.47 bits per heavy atom. The van der Waals surface area contributed by atoms with Crippen LogP contribution in [0, 0.1) is 0 Å². The predicted octanol–water partition coefficient (Wildman–Crippen LogP) is 9.19. The molecule has 34 heavy (non-hydrogen) atoms. The maximum atomic E-state index is 12.8. The molecule has 1 fully saturated rings. The molecule has 1 aliphatic carbocycles. The van der Waals surface area contributed by atoms with Crippen LogP contribution in [-0.2, 0) is 4.74 Å². The SMILES string of the molecule is CCCCCCOC1CCC(c2ccc(C(=O)Oc3ccc(S(F)(F)(F)(F)F)cc3)cc2)CC1. The number of hydrogen-bond acceptors (Lipinski definition) is 3. The first-order valence-electron chi connectivity index (χ1n) is 11.6. The van der Waals surface area contributed by atoms with E-state index < -0.39 is 21.1 Å². The minimum Gasteiger partial charge on any atom is -0.423 e. The van der Waals surface area contributed by atoms with Crippen molar-refractivity contribution in [3.8, 4) is 5.75 Å². The second kappa shape index (κ2) is 9.85. The van der Waals surface area contributed by atoms with E-state index in [0.717, 1.165) is 44.3 Å². The van der Waals surface area contributed by atoms with Gasteiger partial charge in [-0.3, -0.25) is 0 Å². The van der Waals surface area contributed by atoms with Gasteiger partial charge < -0.3 is 9.47 Å². The highest BCUT2D eigenvalue weighted by molar-refractivity contribution is 8.45. The summed E-state index contributed by atoms with van der Waals surface area (Å²) in [5, 5.41) is 0. The minimum absolute atomic E-state index is 0.221. The molecular weight excluding hydrogens is 475 g/mol. The maximum Gasteiger partial charge on any atom is 0.343 e. The van der Waals surface area contributed by atoms with Gasteiger partial charge in [-0.1, -0.05) is 57.7 Å². The van der Waals surface area contributed by atoms with Crippen LogP contribution in [0.5, 0.6) is 5.75 Å². The molecule has 0 amide bonds. The molecule has 0 unspecified atom stereocenters. The molecular formula is C25H31F5O3S. The summed E-state index contributed by atoms with van der Waals surface area (Å²) in [6.45, 7) is 3.00. The smallest absolute Gasteiger partial charge is 0.343 e. The van der Waals surface area contributed by atoms with Gasteiger partial charge in [0.15, 0.2) is 0 Å². The third-order valence-corrected chi connectivity index (χ3v) is 7.29. The maximum absolute atomic E-state index is 12.8. The van der Waals surface area contributed by atoms with E-state index in [0.29, 0.717) is 24.2 Å². The van der Waals surface area contributed by atoms with Crippen molar-refractivity contribution in [1.82, 2.24) is 0 Å². The van der Waals surface area contributed by atoms with E-state index in [4.69, 9.17) is 9.47 Å². The molecule has 0 atom stereocenters. The fourth-order valence-corrected chi connectivity index (χ4v) is 4.81. The van der Waals surface area contributed by atoms with E-state index in [2.05, 4.69) is 6.92 Å². The van der Waals surface area contributed by atoms with Crippen molar-refractivity contribution in [1.29, 1.82) is 0 Å². The molecule has 0 saturated heterocycles. The Bertz CT molecular complexity index is 952. The van der Waals surface area contributed by atoms with Crippen molar-refractivity contribution in [3.05, 3.63) is 59.7 Å². The minimum atomic E-state index is -9.76. The number of benzene rings is 2. The van der Waals surface area contributed by atoms with Gasteiger partial charge in [0.25, 0.3) is 0 Å². The van der Waals surface area contributed by atoms with Crippen LogP contribution in [0.4, 0.5) is 19.4 Å². The lowest BCUT2D eigenvalue weighted by Crippen LogP contribution is -2.21. The Morgan fingerprint density at radius 1 is 0.853 bits per heavy atom. The van der Waals surface area contributed by atoms with Gasteiger partial charge in [-0.15, -0.1) is 0 Å². The molecule has 0 bridgehead atoms. The van der Waals surface area contributed by atoms with Crippen LogP contribution in [0.25, 0.3) is 0 Å². The number of unbranched alkanes of at least 4 members (excludes halogenated alkanes) is 3. The van der Waals surface area contributed by atoms with Gasteiger partial charge in [-0.2, -0.15) is 0 Å². The molecule has 0 radical (unpaired) electrons. The lowest BCUT2D eigenvalue weighted by atomic mass is 9.82. The topological polar surface area (TPSA) is 35.5 Å². The normalized spacial score (nSPS) is 20.9. The van der Waals surface area contributed by atoms with E-state index >= 15 is 0 Å². The number of esters is 1. The molecule has 3 nitrogen and oxygen atoms in total. The average molecular weight is 507 g/mol. The molecule has 190 valence electrons.